The molecule has 478 valence electrons. The standard InChI is InChI=1S/C70H115N7O8/c1-3-5-7-9-11-13-15-17-19-21-23-25-27-29-31-37-47-76-53-60(62-39-33-35-41-64(62)76)43-45-71-66(78)55-74(58-69(82)83)51-49-73(57-68(80)81)50-52-75(59-70(84)85)56-67(79)72-46-44-61-54-77(65-42-36-34-40-63(61)65)48-38-32-30-28-26-24-22-20-18-16-14-12-10-8-6-4-2/h33-36,39-42,53-54H,3-32,37-38,43-52,55-59H2,1-2H3,(H,71,78)(H,72,79)(H,80,81)(H,82,83)(H,84,85). The van der Waals surface area contributed by atoms with Gasteiger partial charge in [-0.15, -0.1) is 0 Å². The zero-order valence-corrected chi connectivity index (χ0v) is 53.1. The molecule has 0 unspecified atom stereocenters. The van der Waals surface area contributed by atoms with Gasteiger partial charge in [0, 0.05) is 86.6 Å². The largest absolute Gasteiger partial charge is 0.480 e. The summed E-state index contributed by atoms with van der Waals surface area (Å²) in [5.74, 6) is -4.02. The Morgan fingerprint density at radius 2 is 0.635 bits per heavy atom. The molecule has 0 radical (unpaired) electrons. The molecule has 85 heavy (non-hydrogen) atoms. The molecule has 4 rings (SSSR count). The summed E-state index contributed by atoms with van der Waals surface area (Å²) in [6.45, 7) is 5.90. The predicted molar refractivity (Wildman–Crippen MR) is 349 cm³/mol. The van der Waals surface area contributed by atoms with Crippen LogP contribution < -0.4 is 10.6 Å². The number of rotatable bonds is 56. The second-order valence-electron chi connectivity index (χ2n) is 24.4. The monoisotopic (exact) mass is 1180 g/mol. The van der Waals surface area contributed by atoms with Gasteiger partial charge in [0.05, 0.1) is 32.7 Å². The normalized spacial score (nSPS) is 11.7. The molecule has 0 fully saturated rings. The summed E-state index contributed by atoms with van der Waals surface area (Å²) in [6.07, 6.45) is 48.3. The third-order valence-electron chi connectivity index (χ3n) is 17.0. The first-order valence-electron chi connectivity index (χ1n) is 34.0. The highest BCUT2D eigenvalue weighted by Crippen LogP contribution is 2.25. The van der Waals surface area contributed by atoms with Gasteiger partial charge in [0.1, 0.15) is 0 Å². The number of nitrogens with one attached hydrogen (secondary N) is 2. The molecule has 5 N–H and O–H groups in total. The van der Waals surface area contributed by atoms with E-state index in [9.17, 15) is 39.3 Å². The Balaban J connectivity index is 1.14. The maximum atomic E-state index is 13.3. The first-order chi connectivity index (χ1) is 41.5. The Labute approximate surface area is 512 Å². The lowest BCUT2D eigenvalue weighted by Crippen LogP contribution is -2.47. The first kappa shape index (κ1) is 72.2. The molecule has 0 atom stereocenters. The molecule has 2 aromatic heterocycles. The van der Waals surface area contributed by atoms with Gasteiger partial charge in [-0.3, -0.25) is 38.7 Å². The van der Waals surface area contributed by atoms with Crippen molar-refractivity contribution in [1.29, 1.82) is 0 Å². The Kier molecular flexibility index (Phi) is 39.1. The summed E-state index contributed by atoms with van der Waals surface area (Å²) in [7, 11) is 0. The highest BCUT2D eigenvalue weighted by Gasteiger charge is 2.21. The van der Waals surface area contributed by atoms with Crippen molar-refractivity contribution < 1.29 is 39.3 Å². The predicted octanol–water partition coefficient (Wildman–Crippen LogP) is 14.3. The van der Waals surface area contributed by atoms with Crippen LogP contribution in [0.1, 0.15) is 230 Å². The van der Waals surface area contributed by atoms with Crippen LogP contribution in [0.25, 0.3) is 21.8 Å². The molecule has 2 aromatic carbocycles. The fraction of sp³-hybridized carbons (Fsp3) is 0.700. The summed E-state index contributed by atoms with van der Waals surface area (Å²) in [4.78, 5) is 67.0. The molecule has 0 aliphatic heterocycles. The van der Waals surface area contributed by atoms with Crippen molar-refractivity contribution in [3.63, 3.8) is 0 Å². The number of carboxylic acid groups (broad SMARTS) is 3. The van der Waals surface area contributed by atoms with Gasteiger partial charge in [0.15, 0.2) is 0 Å². The summed E-state index contributed by atoms with van der Waals surface area (Å²) in [6, 6.07) is 16.7. The molecule has 15 heteroatoms. The minimum atomic E-state index is -1.12. The molecular weight excluding hydrogens is 1070 g/mol. The van der Waals surface area contributed by atoms with Crippen molar-refractivity contribution in [2.24, 2.45) is 0 Å². The van der Waals surface area contributed by atoms with Crippen LogP contribution in [0.3, 0.4) is 0 Å². The molecule has 2 heterocycles. The molecule has 4 aromatic rings. The number of hydrogen-bond acceptors (Lipinski definition) is 8. The molecule has 0 saturated heterocycles. The van der Waals surface area contributed by atoms with Crippen LogP contribution in [-0.4, -0.2) is 141 Å². The highest BCUT2D eigenvalue weighted by atomic mass is 16.4. The SMILES string of the molecule is CCCCCCCCCCCCCCCCCCn1cc(CCNC(=O)CN(CCN(CCN(CC(=O)O)CC(=O)NCCc2cn(CCCCCCCCCCCCCCCCCC)c3ccccc23)CC(=O)O)CC(=O)O)c2ccccc21. The van der Waals surface area contributed by atoms with Crippen molar-refractivity contribution in [1.82, 2.24) is 34.5 Å². The second-order valence-corrected chi connectivity index (χ2v) is 24.4. The minimum absolute atomic E-state index is 0.0785. The molecule has 2 amide bonds. The zero-order chi connectivity index (χ0) is 61.0. The first-order valence-corrected chi connectivity index (χ1v) is 34.0. The number of para-hydroxylation sites is 2. The topological polar surface area (TPSA) is 190 Å². The summed E-state index contributed by atoms with van der Waals surface area (Å²) < 4.78 is 4.65. The van der Waals surface area contributed by atoms with Crippen molar-refractivity contribution >= 4 is 51.5 Å². The number of unbranched alkanes of at least 4 members (excludes halogenated alkanes) is 30. The van der Waals surface area contributed by atoms with Gasteiger partial charge in [-0.2, -0.15) is 0 Å². The number of nitrogens with zero attached hydrogens (tertiary/aromatic N) is 5. The molecule has 0 bridgehead atoms. The average molecular weight is 1180 g/mol. The van der Waals surface area contributed by atoms with E-state index >= 15 is 0 Å². The van der Waals surface area contributed by atoms with Crippen LogP contribution in [0.15, 0.2) is 60.9 Å². The van der Waals surface area contributed by atoms with E-state index in [2.05, 4.69) is 82.4 Å². The fourth-order valence-electron chi connectivity index (χ4n) is 12.1. The van der Waals surface area contributed by atoms with E-state index in [4.69, 9.17) is 0 Å². The number of amides is 2. The van der Waals surface area contributed by atoms with E-state index in [1.807, 2.05) is 12.1 Å². The van der Waals surface area contributed by atoms with Crippen LogP contribution in [-0.2, 0) is 49.9 Å². The van der Waals surface area contributed by atoms with Crippen molar-refractivity contribution in [3.05, 3.63) is 72.1 Å². The average Bonchev–Trinajstić information content (AvgIpc) is 4.12. The zero-order valence-electron chi connectivity index (χ0n) is 53.1. The Bertz CT molecular complexity index is 2280. The van der Waals surface area contributed by atoms with Crippen LogP contribution in [0.5, 0.6) is 0 Å². The molecular formula is C70H115N7O8. The number of benzene rings is 2. The van der Waals surface area contributed by atoms with Gasteiger partial charge < -0.3 is 35.1 Å². The van der Waals surface area contributed by atoms with E-state index in [1.54, 1.807) is 4.90 Å². The Morgan fingerprint density at radius 3 is 0.941 bits per heavy atom. The highest BCUT2D eigenvalue weighted by molar-refractivity contribution is 5.85. The van der Waals surface area contributed by atoms with Gasteiger partial charge in [0.25, 0.3) is 0 Å². The maximum absolute atomic E-state index is 13.3. The van der Waals surface area contributed by atoms with Gasteiger partial charge in [0.2, 0.25) is 11.8 Å². The number of carboxylic acids is 3. The van der Waals surface area contributed by atoms with E-state index in [1.165, 1.54) is 213 Å². The number of hydrogen-bond donors (Lipinski definition) is 5. The molecule has 0 saturated carbocycles. The summed E-state index contributed by atoms with van der Waals surface area (Å²) >= 11 is 0. The van der Waals surface area contributed by atoms with Crippen LogP contribution in [0, 0.1) is 0 Å². The van der Waals surface area contributed by atoms with E-state index in [0.717, 1.165) is 47.8 Å². The van der Waals surface area contributed by atoms with Crippen molar-refractivity contribution in [2.75, 3.05) is 72.0 Å². The van der Waals surface area contributed by atoms with Crippen molar-refractivity contribution in [2.45, 2.75) is 245 Å². The molecule has 0 spiro atoms. The quantitative estimate of drug-likeness (QED) is 0.0265. The van der Waals surface area contributed by atoms with Gasteiger partial charge >= 0.3 is 17.9 Å². The van der Waals surface area contributed by atoms with Crippen LogP contribution in [0.4, 0.5) is 0 Å². The molecule has 0 aliphatic carbocycles. The van der Waals surface area contributed by atoms with Gasteiger partial charge in [-0.25, -0.2) is 0 Å². The van der Waals surface area contributed by atoms with E-state index < -0.39 is 31.0 Å². The smallest absolute Gasteiger partial charge is 0.317 e. The molecule has 15 nitrogen and oxygen atoms in total. The fourth-order valence-corrected chi connectivity index (χ4v) is 12.1. The lowest BCUT2D eigenvalue weighted by molar-refractivity contribution is -0.141. The molecule has 0 aliphatic rings. The van der Waals surface area contributed by atoms with Gasteiger partial charge in [-0.1, -0.05) is 243 Å². The summed E-state index contributed by atoms with van der Waals surface area (Å²) in [5, 5.41) is 37.6. The van der Waals surface area contributed by atoms with Crippen LogP contribution in [0.2, 0.25) is 0 Å². The van der Waals surface area contributed by atoms with E-state index in [-0.39, 0.29) is 57.6 Å². The Hall–Kier alpha value is -5.25. The summed E-state index contributed by atoms with van der Waals surface area (Å²) in [5.41, 5.74) is 4.64. The second kappa shape index (κ2) is 46.0. The minimum Gasteiger partial charge on any atom is -0.480 e. The third kappa shape index (κ3) is 32.9. The lowest BCUT2D eigenvalue weighted by atomic mass is 10.0. The number of aliphatic carboxylic acids is 3. The lowest BCUT2D eigenvalue weighted by Gasteiger charge is -2.28. The number of fused-ring (bicyclic) bond motifs is 2. The number of aryl methyl sites for hydroxylation is 2. The van der Waals surface area contributed by atoms with Crippen molar-refractivity contribution in [3.8, 4) is 0 Å². The number of carbonyl (C=O) groups excluding carboxylic acids is 2. The number of aromatic nitrogens is 2. The van der Waals surface area contributed by atoms with Crippen LogP contribution >= 0.6 is 0 Å². The number of carbonyl (C=O) groups is 5. The Morgan fingerprint density at radius 1 is 0.365 bits per heavy atom. The maximum Gasteiger partial charge on any atom is 0.317 e. The third-order valence-corrected chi connectivity index (χ3v) is 17.0. The van der Waals surface area contributed by atoms with Gasteiger partial charge in [-0.05, 0) is 48.9 Å². The van der Waals surface area contributed by atoms with E-state index in [0.29, 0.717) is 25.9 Å².